The van der Waals surface area contributed by atoms with Gasteiger partial charge in [0.15, 0.2) is 0 Å². The Morgan fingerprint density at radius 3 is 1.67 bits per heavy atom. The van der Waals surface area contributed by atoms with E-state index in [1.54, 1.807) is 30.5 Å². The van der Waals surface area contributed by atoms with Gasteiger partial charge in [-0.25, -0.2) is 0 Å². The zero-order valence-electron chi connectivity index (χ0n) is 35.3. The van der Waals surface area contributed by atoms with Crippen molar-refractivity contribution >= 4 is 53.0 Å². The third-order valence-corrected chi connectivity index (χ3v) is 13.0. The van der Waals surface area contributed by atoms with Crippen molar-refractivity contribution in [2.24, 2.45) is 0 Å². The van der Waals surface area contributed by atoms with Crippen molar-refractivity contribution < 1.29 is 5.02 Å². The molecule has 0 spiro atoms. The lowest BCUT2D eigenvalue weighted by molar-refractivity contribution is 0.296. The van der Waals surface area contributed by atoms with E-state index in [1.165, 1.54) is 20.5 Å². The van der Waals surface area contributed by atoms with Crippen LogP contribution in [0.4, 0.5) is 22.7 Å². The highest BCUT2D eigenvalue weighted by Crippen LogP contribution is 2.35. The lowest BCUT2D eigenvalue weighted by atomic mass is 9.83. The van der Waals surface area contributed by atoms with Crippen molar-refractivity contribution in [3.63, 3.8) is 0 Å². The molecule has 4 aromatic carbocycles. The van der Waals surface area contributed by atoms with Crippen LogP contribution in [0.3, 0.4) is 0 Å². The molecular formula is C47H51BCl2N10O3. The van der Waals surface area contributed by atoms with E-state index in [0.29, 0.717) is 33.1 Å². The van der Waals surface area contributed by atoms with Gasteiger partial charge in [-0.1, -0.05) is 96.0 Å². The van der Waals surface area contributed by atoms with Crippen LogP contribution >= 0.6 is 23.2 Å². The lowest BCUT2D eigenvalue weighted by Gasteiger charge is -2.49. The maximum atomic E-state index is 13.7. The van der Waals surface area contributed by atoms with E-state index in [0.717, 1.165) is 95.4 Å². The van der Waals surface area contributed by atoms with Gasteiger partial charge in [-0.3, -0.25) is 9.59 Å². The van der Waals surface area contributed by atoms with Crippen LogP contribution in [-0.2, 0) is 12.8 Å². The van der Waals surface area contributed by atoms with Crippen LogP contribution in [0.1, 0.15) is 11.1 Å². The summed E-state index contributed by atoms with van der Waals surface area (Å²) in [7, 11) is -0.486. The summed E-state index contributed by atoms with van der Waals surface area (Å²) in [6, 6.07) is 35.7. The van der Waals surface area contributed by atoms with Gasteiger partial charge in [0, 0.05) is 75.5 Å². The Morgan fingerprint density at radius 1 is 0.651 bits per heavy atom. The van der Waals surface area contributed by atoms with Gasteiger partial charge in [0.25, 0.3) is 11.1 Å². The Kier molecular flexibility index (Phi) is 12.9. The van der Waals surface area contributed by atoms with Crippen LogP contribution < -0.4 is 36.0 Å². The van der Waals surface area contributed by atoms with Gasteiger partial charge in [0.2, 0.25) is 0 Å². The minimum atomic E-state index is -0.486. The van der Waals surface area contributed by atoms with Gasteiger partial charge >= 0.3 is 7.05 Å². The largest absolute Gasteiger partial charge is 0.437 e. The number of hydrogen-bond acceptors (Lipinski definition) is 11. The van der Waals surface area contributed by atoms with Crippen LogP contribution in [0.15, 0.2) is 131 Å². The molecule has 6 aromatic rings. The SMILES string of the molecule is CB(O)N1CCN2c3cnn(-c4cccc(Cl)c4)c(=O)c3N(CCc3ccccc3)CC2C1.O=c1c2c(cnn1-c1cccc(Cl)c1)N1CCNCC1CN2CCc1ccccc1. The Bertz CT molecular complexity index is 2650. The molecule has 4 aliphatic rings. The molecule has 2 unspecified atom stereocenters. The molecule has 4 aliphatic heterocycles. The molecule has 0 saturated carbocycles. The van der Waals surface area contributed by atoms with E-state index in [4.69, 9.17) is 23.2 Å². The molecule has 2 atom stereocenters. The molecule has 0 radical (unpaired) electrons. The van der Waals surface area contributed by atoms with Gasteiger partial charge in [-0.2, -0.15) is 19.6 Å². The maximum Gasteiger partial charge on any atom is 0.376 e. The van der Waals surface area contributed by atoms with E-state index in [1.807, 2.05) is 61.6 Å². The minimum Gasteiger partial charge on any atom is -0.437 e. The molecule has 324 valence electrons. The van der Waals surface area contributed by atoms with Crippen LogP contribution in [0, 0.1) is 0 Å². The number of nitrogens with one attached hydrogen (secondary N) is 1. The van der Waals surface area contributed by atoms with Gasteiger partial charge in [0.05, 0.1) is 47.2 Å². The van der Waals surface area contributed by atoms with Gasteiger partial charge < -0.3 is 34.8 Å². The first-order valence-electron chi connectivity index (χ1n) is 21.7. The van der Waals surface area contributed by atoms with Gasteiger partial charge in [-0.15, -0.1) is 0 Å². The topological polar surface area (TPSA) is 118 Å². The van der Waals surface area contributed by atoms with Gasteiger partial charge in [0.1, 0.15) is 11.4 Å². The smallest absolute Gasteiger partial charge is 0.376 e. The first kappa shape index (κ1) is 42.7. The van der Waals surface area contributed by atoms with Crippen molar-refractivity contribution in [3.8, 4) is 11.4 Å². The average Bonchev–Trinajstić information content (AvgIpc) is 3.30. The minimum absolute atomic E-state index is 0.0974. The van der Waals surface area contributed by atoms with Crippen molar-refractivity contribution in [1.82, 2.24) is 29.7 Å². The number of piperazine rings is 2. The number of rotatable bonds is 9. The Hall–Kier alpha value is -5.64. The number of halogens is 2. The summed E-state index contributed by atoms with van der Waals surface area (Å²) in [6.07, 6.45) is 5.37. The predicted molar refractivity (Wildman–Crippen MR) is 255 cm³/mol. The highest BCUT2D eigenvalue weighted by molar-refractivity contribution is 6.45. The molecule has 2 fully saturated rings. The quantitative estimate of drug-likeness (QED) is 0.185. The lowest BCUT2D eigenvalue weighted by Crippen LogP contribution is -2.63. The molecule has 0 aliphatic carbocycles. The second kappa shape index (κ2) is 19.0. The molecule has 13 nitrogen and oxygen atoms in total. The van der Waals surface area contributed by atoms with Crippen LogP contribution in [0.2, 0.25) is 16.9 Å². The van der Waals surface area contributed by atoms with Crippen molar-refractivity contribution in [1.29, 1.82) is 0 Å². The molecule has 6 heterocycles. The molecule has 2 N–H and O–H groups in total. The van der Waals surface area contributed by atoms with Crippen LogP contribution in [0.25, 0.3) is 11.4 Å². The van der Waals surface area contributed by atoms with E-state index in [-0.39, 0.29) is 17.2 Å². The van der Waals surface area contributed by atoms with E-state index >= 15 is 0 Å². The molecule has 16 heteroatoms. The second-order valence-electron chi connectivity index (χ2n) is 16.5. The maximum absolute atomic E-state index is 13.7. The summed E-state index contributed by atoms with van der Waals surface area (Å²) in [6.45, 7) is 9.82. The molecule has 63 heavy (non-hydrogen) atoms. The summed E-state index contributed by atoms with van der Waals surface area (Å²) in [5.74, 6) is 0. The molecule has 2 saturated heterocycles. The van der Waals surface area contributed by atoms with Crippen LogP contribution in [0.5, 0.6) is 0 Å². The fraction of sp³-hybridized carbons (Fsp3) is 0.319. The normalized spacial score (nSPS) is 18.1. The summed E-state index contributed by atoms with van der Waals surface area (Å²) in [4.78, 5) is 38.5. The van der Waals surface area contributed by atoms with E-state index in [2.05, 4.69) is 76.3 Å². The molecular weight excluding hydrogens is 834 g/mol. The molecule has 0 amide bonds. The average molecular weight is 886 g/mol. The summed E-state index contributed by atoms with van der Waals surface area (Å²) >= 11 is 12.3. The number of fused-ring (bicyclic) bond motifs is 6. The summed E-state index contributed by atoms with van der Waals surface area (Å²) in [5, 5.41) is 23.8. The van der Waals surface area contributed by atoms with Crippen molar-refractivity contribution in [3.05, 3.63) is 163 Å². The van der Waals surface area contributed by atoms with Crippen molar-refractivity contribution in [2.75, 3.05) is 85.0 Å². The highest BCUT2D eigenvalue weighted by Gasteiger charge is 2.39. The third kappa shape index (κ3) is 9.23. The monoisotopic (exact) mass is 884 g/mol. The Labute approximate surface area is 377 Å². The first-order chi connectivity index (χ1) is 30.7. The number of hydrogen-bond donors (Lipinski definition) is 2. The molecule has 2 aromatic heterocycles. The fourth-order valence-corrected chi connectivity index (χ4v) is 9.69. The Balaban J connectivity index is 0.000000161. The summed E-state index contributed by atoms with van der Waals surface area (Å²) in [5.41, 5.74) is 6.82. The number of anilines is 4. The highest BCUT2D eigenvalue weighted by atomic mass is 35.5. The second-order valence-corrected chi connectivity index (χ2v) is 17.4. The zero-order chi connectivity index (χ0) is 43.5. The fourth-order valence-electron chi connectivity index (χ4n) is 9.32. The first-order valence-corrected chi connectivity index (χ1v) is 22.5. The van der Waals surface area contributed by atoms with Gasteiger partial charge in [-0.05, 0) is 67.2 Å². The number of nitrogens with zero attached hydrogens (tertiary/aromatic N) is 9. The predicted octanol–water partition coefficient (Wildman–Crippen LogP) is 5.28. The standard InChI is InChI=1S/C24H27BClN5O2.C23H24ClN5O/c1-25(33)29-12-13-30-21(17-29)16-28(11-10-18-6-3-2-4-7-18)23-22(30)15-27-31(24(23)32)20-9-5-8-19(26)14-20;24-18-7-4-8-19(13-18)29-23(30)22-21(15-26-29)28-12-10-25-14-20(28)16-27(22)11-9-17-5-2-1-3-6-17/h2-9,14-15,21,33H,10-13,16-17H2,1H3;1-8,13,15,20,25H,9-12,14,16H2. The van der Waals surface area contributed by atoms with E-state index < -0.39 is 7.05 Å². The van der Waals surface area contributed by atoms with Crippen molar-refractivity contribution in [2.45, 2.75) is 31.7 Å². The zero-order valence-corrected chi connectivity index (χ0v) is 36.8. The Morgan fingerprint density at radius 2 is 1.16 bits per heavy atom. The van der Waals surface area contributed by atoms with Crippen LogP contribution in [-0.4, -0.2) is 114 Å². The number of aromatic nitrogens is 4. The van der Waals surface area contributed by atoms with E-state index in [9.17, 15) is 14.6 Å². The number of benzene rings is 4. The summed E-state index contributed by atoms with van der Waals surface area (Å²) < 4.78 is 2.90. The molecule has 0 bridgehead atoms. The third-order valence-electron chi connectivity index (χ3n) is 12.5. The molecule has 10 rings (SSSR count).